The molecule has 2 heterocycles. The predicted molar refractivity (Wildman–Crippen MR) is 89.5 cm³/mol. The number of imide groups is 1. The van der Waals surface area contributed by atoms with Crippen molar-refractivity contribution in [1.82, 2.24) is 9.80 Å². The average molecular weight is 382 g/mol. The third-order valence-corrected chi connectivity index (χ3v) is 4.48. The second kappa shape index (κ2) is 9.26. The van der Waals surface area contributed by atoms with Crippen molar-refractivity contribution in [2.45, 2.75) is 44.2 Å². The van der Waals surface area contributed by atoms with E-state index in [4.69, 9.17) is 9.84 Å². The maximum atomic E-state index is 12.3. The third kappa shape index (κ3) is 5.61. The number of likely N-dealkylation sites (tertiary alicyclic amines) is 1. The van der Waals surface area contributed by atoms with Gasteiger partial charge in [-0.05, 0) is 12.8 Å². The molecule has 0 aromatic heterocycles. The van der Waals surface area contributed by atoms with E-state index >= 15 is 0 Å². The van der Waals surface area contributed by atoms with Gasteiger partial charge in [0.15, 0.2) is 0 Å². The van der Waals surface area contributed by atoms with Gasteiger partial charge in [-0.15, -0.1) is 0 Å². The molecule has 2 aliphatic heterocycles. The van der Waals surface area contributed by atoms with Crippen LogP contribution in [0.25, 0.3) is 0 Å². The topological polar surface area (TPSA) is 142 Å². The van der Waals surface area contributed by atoms with E-state index in [0.717, 1.165) is 4.90 Å². The Morgan fingerprint density at radius 3 is 2.33 bits per heavy atom. The van der Waals surface area contributed by atoms with Gasteiger partial charge in [-0.1, -0.05) is 6.42 Å². The fraction of sp³-hybridized carbons (Fsp3) is 0.588. The average Bonchev–Trinajstić information content (AvgIpc) is 3.17. The molecule has 1 fully saturated rings. The maximum Gasteiger partial charge on any atom is 0.329 e. The number of aliphatic carboxylic acids is 2. The molecule has 10 heteroatoms. The van der Waals surface area contributed by atoms with Gasteiger partial charge in [-0.3, -0.25) is 19.3 Å². The van der Waals surface area contributed by atoms with E-state index < -0.39 is 30.7 Å². The number of carboxylic acid groups (broad SMARTS) is 2. The van der Waals surface area contributed by atoms with E-state index in [9.17, 15) is 29.1 Å². The van der Waals surface area contributed by atoms with Crippen LogP contribution in [0.5, 0.6) is 0 Å². The summed E-state index contributed by atoms with van der Waals surface area (Å²) >= 11 is 0. The largest absolute Gasteiger partial charge is 0.480 e. The quantitative estimate of drug-likeness (QED) is 0.385. The van der Waals surface area contributed by atoms with Crippen molar-refractivity contribution in [3.05, 3.63) is 12.2 Å². The molecule has 0 aromatic carbocycles. The first kappa shape index (κ1) is 20.6. The van der Waals surface area contributed by atoms with Crippen molar-refractivity contribution in [2.75, 3.05) is 19.7 Å². The van der Waals surface area contributed by atoms with E-state index in [1.807, 2.05) is 0 Å². The molecule has 0 unspecified atom stereocenters. The molecule has 27 heavy (non-hydrogen) atoms. The van der Waals surface area contributed by atoms with Crippen LogP contribution in [0.15, 0.2) is 12.2 Å². The first-order valence-corrected chi connectivity index (χ1v) is 8.68. The molecule has 0 bridgehead atoms. The van der Waals surface area contributed by atoms with Crippen molar-refractivity contribution in [1.29, 1.82) is 0 Å². The molecule has 2 N–H and O–H groups in total. The summed E-state index contributed by atoms with van der Waals surface area (Å²) in [7, 11) is 0. The van der Waals surface area contributed by atoms with Gasteiger partial charge in [0.25, 0.3) is 11.8 Å². The lowest BCUT2D eigenvalue weighted by Crippen LogP contribution is -2.40. The van der Waals surface area contributed by atoms with Crippen LogP contribution in [-0.2, 0) is 28.7 Å². The number of carbonyl (C=O) groups excluding carboxylic acids is 3. The minimum Gasteiger partial charge on any atom is -0.480 e. The van der Waals surface area contributed by atoms with Gasteiger partial charge in [0.05, 0.1) is 6.10 Å². The van der Waals surface area contributed by atoms with Crippen LogP contribution in [0.2, 0.25) is 0 Å². The number of unbranched alkanes of at least 4 members (excludes halogenated alkanes) is 2. The number of carboxylic acids is 2. The molecule has 0 aromatic rings. The molecule has 0 saturated carbocycles. The summed E-state index contributed by atoms with van der Waals surface area (Å²) in [5.74, 6) is -3.33. The maximum absolute atomic E-state index is 12.3. The van der Waals surface area contributed by atoms with Crippen molar-refractivity contribution < 1.29 is 38.9 Å². The van der Waals surface area contributed by atoms with E-state index in [2.05, 4.69) is 0 Å². The first-order chi connectivity index (χ1) is 12.8. The summed E-state index contributed by atoms with van der Waals surface area (Å²) < 4.78 is 5.11. The Morgan fingerprint density at radius 2 is 1.74 bits per heavy atom. The van der Waals surface area contributed by atoms with Gasteiger partial charge in [0, 0.05) is 38.1 Å². The van der Waals surface area contributed by atoms with Crippen LogP contribution >= 0.6 is 0 Å². The van der Waals surface area contributed by atoms with Gasteiger partial charge >= 0.3 is 11.9 Å². The molecular weight excluding hydrogens is 360 g/mol. The fourth-order valence-electron chi connectivity index (χ4n) is 3.14. The van der Waals surface area contributed by atoms with Gasteiger partial charge in [-0.25, -0.2) is 9.59 Å². The Morgan fingerprint density at radius 1 is 1.07 bits per heavy atom. The Kier molecular flexibility index (Phi) is 7.05. The molecule has 3 amide bonds. The van der Waals surface area contributed by atoms with Crippen LogP contribution < -0.4 is 0 Å². The van der Waals surface area contributed by atoms with Gasteiger partial charge < -0.3 is 19.8 Å². The Bertz CT molecular complexity index is 641. The summed E-state index contributed by atoms with van der Waals surface area (Å²) in [5, 5.41) is 17.9. The number of ether oxygens (including phenoxy) is 1. The fourth-order valence-corrected chi connectivity index (χ4v) is 3.14. The molecule has 2 atom stereocenters. The summed E-state index contributed by atoms with van der Waals surface area (Å²) in [6.07, 6.45) is 3.66. The number of hydrogen-bond donors (Lipinski definition) is 2. The van der Waals surface area contributed by atoms with Crippen molar-refractivity contribution >= 4 is 29.7 Å². The van der Waals surface area contributed by atoms with Gasteiger partial charge in [0.2, 0.25) is 5.91 Å². The number of amides is 3. The normalized spacial score (nSPS) is 21.9. The summed E-state index contributed by atoms with van der Waals surface area (Å²) in [5.41, 5.74) is 0. The van der Waals surface area contributed by atoms with Crippen LogP contribution in [0, 0.1) is 0 Å². The monoisotopic (exact) mass is 382 g/mol. The lowest BCUT2D eigenvalue weighted by atomic mass is 10.1. The number of carbonyl (C=O) groups is 5. The molecule has 1 saturated heterocycles. The summed E-state index contributed by atoms with van der Waals surface area (Å²) in [4.78, 5) is 59.4. The highest BCUT2D eigenvalue weighted by atomic mass is 16.5. The second-order valence-electron chi connectivity index (χ2n) is 6.43. The number of nitrogens with zero attached hydrogens (tertiary/aromatic N) is 2. The van der Waals surface area contributed by atoms with Crippen LogP contribution in [0.3, 0.4) is 0 Å². The highest BCUT2D eigenvalue weighted by molar-refractivity contribution is 6.12. The summed E-state index contributed by atoms with van der Waals surface area (Å²) in [6, 6.07) is -1.03. The smallest absolute Gasteiger partial charge is 0.329 e. The number of hydrogen-bond acceptors (Lipinski definition) is 6. The Hall–Kier alpha value is -2.75. The molecule has 2 rings (SSSR count). The highest BCUT2D eigenvalue weighted by Gasteiger charge is 2.40. The van der Waals surface area contributed by atoms with E-state index in [1.54, 1.807) is 0 Å². The van der Waals surface area contributed by atoms with Gasteiger partial charge in [0.1, 0.15) is 12.6 Å². The van der Waals surface area contributed by atoms with Crippen molar-refractivity contribution in [2.24, 2.45) is 0 Å². The molecule has 0 radical (unpaired) electrons. The predicted octanol–water partition coefficient (Wildman–Crippen LogP) is -0.373. The summed E-state index contributed by atoms with van der Waals surface area (Å²) in [6.45, 7) is -0.210. The Balaban J connectivity index is 1.73. The zero-order chi connectivity index (χ0) is 20.0. The Labute approximate surface area is 155 Å². The van der Waals surface area contributed by atoms with Crippen LogP contribution in [-0.4, -0.2) is 81.5 Å². The van der Waals surface area contributed by atoms with Crippen molar-refractivity contribution in [3.8, 4) is 0 Å². The minimum absolute atomic E-state index is 0.0472. The zero-order valence-corrected chi connectivity index (χ0v) is 14.7. The molecule has 0 spiro atoms. The first-order valence-electron chi connectivity index (χ1n) is 8.68. The lowest BCUT2D eigenvalue weighted by molar-refractivity contribution is -0.148. The molecule has 2 aliphatic rings. The zero-order valence-electron chi connectivity index (χ0n) is 14.7. The number of rotatable bonds is 10. The van der Waals surface area contributed by atoms with Crippen LogP contribution in [0.1, 0.15) is 32.1 Å². The van der Waals surface area contributed by atoms with E-state index in [0.29, 0.717) is 19.3 Å². The molecule has 0 aliphatic carbocycles. The third-order valence-electron chi connectivity index (χ3n) is 4.48. The lowest BCUT2D eigenvalue weighted by Gasteiger charge is -2.21. The molecule has 148 valence electrons. The van der Waals surface area contributed by atoms with E-state index in [1.165, 1.54) is 17.1 Å². The van der Waals surface area contributed by atoms with Crippen molar-refractivity contribution in [3.63, 3.8) is 0 Å². The second-order valence-corrected chi connectivity index (χ2v) is 6.43. The van der Waals surface area contributed by atoms with E-state index in [-0.39, 0.29) is 43.7 Å². The molecular formula is C17H22N2O8. The SMILES string of the molecule is O=C(O)CO[C@@H]1C[C@@H](C(=O)O)N(C(=O)CCCCCN2C(=O)C=CC2=O)C1. The van der Waals surface area contributed by atoms with Crippen LogP contribution in [0.4, 0.5) is 0 Å². The van der Waals surface area contributed by atoms with Gasteiger partial charge in [-0.2, -0.15) is 0 Å². The highest BCUT2D eigenvalue weighted by Crippen LogP contribution is 2.22. The minimum atomic E-state index is -1.16. The standard InChI is InChI=1S/C17H22N2O8/c20-13(4-2-1-3-7-18-14(21)5-6-15(18)22)19-9-11(27-10-16(23)24)8-12(19)17(25)26/h5-6,11-12H,1-4,7-10H2,(H,23,24)(H,25,26)/t11-,12+/m1/s1. The molecule has 10 nitrogen and oxygen atoms in total.